The first-order valence-electron chi connectivity index (χ1n) is 6.57. The van der Waals surface area contributed by atoms with Crippen molar-refractivity contribution in [3.05, 3.63) is 70.2 Å². The summed E-state index contributed by atoms with van der Waals surface area (Å²) < 4.78 is 1.05. The molecule has 1 aliphatic rings. The Labute approximate surface area is 125 Å². The Kier molecular flexibility index (Phi) is 2.54. The summed E-state index contributed by atoms with van der Waals surface area (Å²) in [6.45, 7) is 0. The van der Waals surface area contributed by atoms with E-state index in [1.54, 1.807) is 0 Å². The quantitative estimate of drug-likeness (QED) is 0.581. The SMILES string of the molecule is O=CC1c2ccccc2-c2c1cc(Br)c1ccccc21. The molecule has 0 saturated heterocycles. The summed E-state index contributed by atoms with van der Waals surface area (Å²) in [5.41, 5.74) is 4.60. The van der Waals surface area contributed by atoms with E-state index in [2.05, 4.69) is 46.3 Å². The van der Waals surface area contributed by atoms with Crippen molar-refractivity contribution in [2.45, 2.75) is 5.92 Å². The monoisotopic (exact) mass is 322 g/mol. The van der Waals surface area contributed by atoms with Gasteiger partial charge in [0.05, 0.1) is 5.92 Å². The van der Waals surface area contributed by atoms with Gasteiger partial charge in [0.25, 0.3) is 0 Å². The molecule has 0 bridgehead atoms. The molecule has 0 N–H and O–H groups in total. The molecule has 1 aliphatic carbocycles. The minimum absolute atomic E-state index is 0.151. The second-order valence-corrected chi connectivity index (χ2v) is 5.92. The zero-order valence-corrected chi connectivity index (χ0v) is 12.2. The molecule has 0 amide bonds. The third-order valence-electron chi connectivity index (χ3n) is 4.06. The van der Waals surface area contributed by atoms with Crippen molar-refractivity contribution in [3.63, 3.8) is 0 Å². The Bertz CT molecular complexity index is 851. The standard InChI is InChI=1S/C18H11BrO/c19-17-9-15-16(10-20)11-5-1-3-7-13(11)18(15)14-8-4-2-6-12(14)17/h1-10,16H. The number of rotatable bonds is 1. The maximum absolute atomic E-state index is 11.6. The summed E-state index contributed by atoms with van der Waals surface area (Å²) in [7, 11) is 0. The number of halogens is 1. The van der Waals surface area contributed by atoms with E-state index in [0.29, 0.717) is 0 Å². The lowest BCUT2D eigenvalue weighted by Gasteiger charge is -2.10. The van der Waals surface area contributed by atoms with Crippen LogP contribution in [0.4, 0.5) is 0 Å². The highest BCUT2D eigenvalue weighted by Crippen LogP contribution is 2.48. The average molecular weight is 323 g/mol. The van der Waals surface area contributed by atoms with Gasteiger partial charge in [-0.25, -0.2) is 0 Å². The van der Waals surface area contributed by atoms with Gasteiger partial charge < -0.3 is 4.79 Å². The molecule has 0 aromatic heterocycles. The molecule has 1 nitrogen and oxygen atoms in total. The summed E-state index contributed by atoms with van der Waals surface area (Å²) in [6.07, 6.45) is 1.05. The minimum atomic E-state index is -0.151. The van der Waals surface area contributed by atoms with Gasteiger partial charge in [-0.3, -0.25) is 0 Å². The van der Waals surface area contributed by atoms with Crippen LogP contribution in [0.3, 0.4) is 0 Å². The van der Waals surface area contributed by atoms with Gasteiger partial charge in [0.2, 0.25) is 0 Å². The van der Waals surface area contributed by atoms with Crippen molar-refractivity contribution in [1.29, 1.82) is 0 Å². The second-order valence-electron chi connectivity index (χ2n) is 5.07. The van der Waals surface area contributed by atoms with Crippen molar-refractivity contribution < 1.29 is 4.79 Å². The van der Waals surface area contributed by atoms with E-state index in [1.165, 1.54) is 21.9 Å². The van der Waals surface area contributed by atoms with Gasteiger partial charge in [-0.1, -0.05) is 64.5 Å². The van der Waals surface area contributed by atoms with Gasteiger partial charge in [-0.15, -0.1) is 0 Å². The molecule has 0 saturated carbocycles. The maximum Gasteiger partial charge on any atom is 0.131 e. The molecule has 1 atom stereocenters. The van der Waals surface area contributed by atoms with Crippen LogP contribution in [0.2, 0.25) is 0 Å². The van der Waals surface area contributed by atoms with E-state index in [1.807, 2.05) is 24.3 Å². The van der Waals surface area contributed by atoms with Crippen molar-refractivity contribution in [2.75, 3.05) is 0 Å². The van der Waals surface area contributed by atoms with Gasteiger partial charge in [0.1, 0.15) is 6.29 Å². The van der Waals surface area contributed by atoms with Crippen LogP contribution < -0.4 is 0 Å². The first-order chi connectivity index (χ1) is 9.81. The Morgan fingerprint density at radius 3 is 2.40 bits per heavy atom. The second kappa shape index (κ2) is 4.29. The van der Waals surface area contributed by atoms with Crippen molar-refractivity contribution in [3.8, 4) is 11.1 Å². The lowest BCUT2D eigenvalue weighted by molar-refractivity contribution is -0.108. The van der Waals surface area contributed by atoms with Crippen LogP contribution in [0.15, 0.2) is 59.1 Å². The van der Waals surface area contributed by atoms with E-state index in [0.717, 1.165) is 21.9 Å². The summed E-state index contributed by atoms with van der Waals surface area (Å²) in [5.74, 6) is -0.151. The predicted octanol–water partition coefficient (Wildman–Crippen LogP) is 4.91. The van der Waals surface area contributed by atoms with Gasteiger partial charge in [-0.05, 0) is 39.1 Å². The number of carbonyl (C=O) groups excluding carboxylic acids is 1. The highest BCUT2D eigenvalue weighted by molar-refractivity contribution is 9.10. The topological polar surface area (TPSA) is 17.1 Å². The molecular formula is C18H11BrO. The lowest BCUT2D eigenvalue weighted by Crippen LogP contribution is -1.97. The number of fused-ring (bicyclic) bond motifs is 5. The Hall–Kier alpha value is -1.93. The Morgan fingerprint density at radius 1 is 0.900 bits per heavy atom. The van der Waals surface area contributed by atoms with Crippen LogP contribution in [0, 0.1) is 0 Å². The number of aldehydes is 1. The van der Waals surface area contributed by atoms with Crippen LogP contribution in [0.5, 0.6) is 0 Å². The molecule has 0 aliphatic heterocycles. The maximum atomic E-state index is 11.6. The fraction of sp³-hybridized carbons (Fsp3) is 0.0556. The molecule has 3 aromatic carbocycles. The van der Waals surface area contributed by atoms with Crippen molar-refractivity contribution >= 4 is 33.0 Å². The zero-order chi connectivity index (χ0) is 13.7. The first kappa shape index (κ1) is 11.9. The largest absolute Gasteiger partial charge is 0.302 e. The van der Waals surface area contributed by atoms with Crippen LogP contribution in [-0.2, 0) is 4.79 Å². The predicted molar refractivity (Wildman–Crippen MR) is 85.0 cm³/mol. The van der Waals surface area contributed by atoms with E-state index in [9.17, 15) is 4.79 Å². The molecule has 4 rings (SSSR count). The molecule has 96 valence electrons. The van der Waals surface area contributed by atoms with Crippen molar-refractivity contribution in [1.82, 2.24) is 0 Å². The van der Waals surface area contributed by atoms with Crippen LogP contribution in [0.25, 0.3) is 21.9 Å². The van der Waals surface area contributed by atoms with Gasteiger partial charge in [0, 0.05) is 4.47 Å². The minimum Gasteiger partial charge on any atom is -0.302 e. The van der Waals surface area contributed by atoms with Crippen LogP contribution in [0.1, 0.15) is 17.0 Å². The number of benzene rings is 3. The highest BCUT2D eigenvalue weighted by Gasteiger charge is 2.30. The molecule has 2 heteroatoms. The fourth-order valence-corrected chi connectivity index (χ4v) is 3.80. The number of hydrogen-bond donors (Lipinski definition) is 0. The highest BCUT2D eigenvalue weighted by atomic mass is 79.9. The molecule has 0 fully saturated rings. The lowest BCUT2D eigenvalue weighted by atomic mass is 9.96. The molecule has 0 radical (unpaired) electrons. The van der Waals surface area contributed by atoms with Gasteiger partial charge in [0.15, 0.2) is 0 Å². The third kappa shape index (κ3) is 1.46. The van der Waals surface area contributed by atoms with E-state index in [4.69, 9.17) is 0 Å². The summed E-state index contributed by atoms with van der Waals surface area (Å²) in [6, 6.07) is 18.6. The van der Waals surface area contributed by atoms with Gasteiger partial charge >= 0.3 is 0 Å². The van der Waals surface area contributed by atoms with E-state index >= 15 is 0 Å². The van der Waals surface area contributed by atoms with E-state index < -0.39 is 0 Å². The Morgan fingerprint density at radius 2 is 1.60 bits per heavy atom. The molecular weight excluding hydrogens is 312 g/mol. The molecule has 0 heterocycles. The smallest absolute Gasteiger partial charge is 0.131 e. The molecule has 20 heavy (non-hydrogen) atoms. The fourth-order valence-electron chi connectivity index (χ4n) is 3.21. The first-order valence-corrected chi connectivity index (χ1v) is 7.36. The molecule has 3 aromatic rings. The van der Waals surface area contributed by atoms with Crippen LogP contribution >= 0.6 is 15.9 Å². The zero-order valence-electron chi connectivity index (χ0n) is 10.6. The third-order valence-corrected chi connectivity index (χ3v) is 4.72. The van der Waals surface area contributed by atoms with Crippen LogP contribution in [-0.4, -0.2) is 6.29 Å². The summed E-state index contributed by atoms with van der Waals surface area (Å²) >= 11 is 3.64. The molecule has 1 unspecified atom stereocenters. The molecule has 0 spiro atoms. The van der Waals surface area contributed by atoms with Crippen molar-refractivity contribution in [2.24, 2.45) is 0 Å². The number of carbonyl (C=O) groups is 1. The van der Waals surface area contributed by atoms with E-state index in [-0.39, 0.29) is 5.92 Å². The normalized spacial score (nSPS) is 15.9. The number of hydrogen-bond acceptors (Lipinski definition) is 1. The van der Waals surface area contributed by atoms with Gasteiger partial charge in [-0.2, -0.15) is 0 Å². The Balaban J connectivity index is 2.21. The summed E-state index contributed by atoms with van der Waals surface area (Å²) in [4.78, 5) is 11.6. The average Bonchev–Trinajstić information content (AvgIpc) is 2.81. The summed E-state index contributed by atoms with van der Waals surface area (Å²) in [5, 5.41) is 2.39.